The van der Waals surface area contributed by atoms with E-state index in [1.54, 1.807) is 6.07 Å². The Kier molecular flexibility index (Phi) is 3.54. The Hall–Kier alpha value is -1.39. The molecule has 0 aliphatic carbocycles. The Labute approximate surface area is 94.6 Å². The van der Waals surface area contributed by atoms with Crippen LogP contribution in [0.15, 0.2) is 29.1 Å². The smallest absolute Gasteiger partial charge is 0.201 e. The molecule has 0 unspecified atom stereocenters. The quantitative estimate of drug-likeness (QED) is 0.786. The van der Waals surface area contributed by atoms with E-state index in [1.165, 1.54) is 6.07 Å². The zero-order valence-electron chi connectivity index (χ0n) is 9.19. The molecule has 2 N–H and O–H groups in total. The second-order valence-electron chi connectivity index (χ2n) is 3.95. The largest absolute Gasteiger partial charge is 0.396 e. The number of ether oxygens (including phenoxy) is 1. The van der Waals surface area contributed by atoms with Crippen LogP contribution in [0.1, 0.15) is 5.56 Å². The van der Waals surface area contributed by atoms with Crippen molar-refractivity contribution in [2.24, 2.45) is 0 Å². The van der Waals surface area contributed by atoms with E-state index in [1.807, 2.05) is 12.1 Å². The molecule has 0 bridgehead atoms. The van der Waals surface area contributed by atoms with Gasteiger partial charge in [-0.05, 0) is 17.7 Å². The highest BCUT2D eigenvalue weighted by Gasteiger charge is 2.10. The minimum Gasteiger partial charge on any atom is -0.396 e. The van der Waals surface area contributed by atoms with Gasteiger partial charge < -0.3 is 10.5 Å². The van der Waals surface area contributed by atoms with Gasteiger partial charge in [0.1, 0.15) is 0 Å². The van der Waals surface area contributed by atoms with Crippen LogP contribution in [0.5, 0.6) is 0 Å². The summed E-state index contributed by atoms with van der Waals surface area (Å²) in [6.45, 7) is 4.30. The lowest BCUT2D eigenvalue weighted by Crippen LogP contribution is -2.35. The molecule has 4 nitrogen and oxygen atoms in total. The first-order valence-electron chi connectivity index (χ1n) is 5.44. The predicted octanol–water partition coefficient (Wildman–Crippen LogP) is 0.461. The lowest BCUT2D eigenvalue weighted by atomic mass is 10.2. The van der Waals surface area contributed by atoms with Crippen LogP contribution in [0.4, 0.5) is 5.69 Å². The van der Waals surface area contributed by atoms with Gasteiger partial charge in [0.25, 0.3) is 0 Å². The molecular formula is C12H16N2O2. The van der Waals surface area contributed by atoms with Crippen LogP contribution in [0.2, 0.25) is 0 Å². The molecule has 4 heteroatoms. The van der Waals surface area contributed by atoms with E-state index in [2.05, 4.69) is 4.90 Å². The Morgan fingerprint density at radius 2 is 1.88 bits per heavy atom. The minimum atomic E-state index is -0.117. The van der Waals surface area contributed by atoms with Gasteiger partial charge in [-0.1, -0.05) is 12.1 Å². The van der Waals surface area contributed by atoms with Crippen molar-refractivity contribution in [1.29, 1.82) is 0 Å². The summed E-state index contributed by atoms with van der Waals surface area (Å²) in [5.74, 6) is 0. The molecule has 0 amide bonds. The van der Waals surface area contributed by atoms with Gasteiger partial charge in [0.2, 0.25) is 5.43 Å². The fourth-order valence-electron chi connectivity index (χ4n) is 1.74. The third-order valence-corrected chi connectivity index (χ3v) is 2.72. The van der Waals surface area contributed by atoms with Crippen LogP contribution in [0, 0.1) is 0 Å². The van der Waals surface area contributed by atoms with Crippen molar-refractivity contribution in [2.45, 2.75) is 6.54 Å². The van der Waals surface area contributed by atoms with Crippen molar-refractivity contribution in [1.82, 2.24) is 4.90 Å². The highest BCUT2D eigenvalue weighted by atomic mass is 16.5. The highest BCUT2D eigenvalue weighted by molar-refractivity contribution is 5.37. The fraction of sp³-hybridized carbons (Fsp3) is 0.417. The topological polar surface area (TPSA) is 55.6 Å². The monoisotopic (exact) mass is 220 g/mol. The zero-order valence-corrected chi connectivity index (χ0v) is 9.19. The van der Waals surface area contributed by atoms with Gasteiger partial charge in [-0.2, -0.15) is 0 Å². The number of anilines is 1. The molecule has 16 heavy (non-hydrogen) atoms. The van der Waals surface area contributed by atoms with E-state index in [0.29, 0.717) is 5.69 Å². The number of nitrogens with zero attached hydrogens (tertiary/aromatic N) is 1. The second kappa shape index (κ2) is 5.09. The summed E-state index contributed by atoms with van der Waals surface area (Å²) in [7, 11) is 0. The molecule has 86 valence electrons. The van der Waals surface area contributed by atoms with E-state index < -0.39 is 0 Å². The second-order valence-corrected chi connectivity index (χ2v) is 3.95. The SMILES string of the molecule is Nc1ccc(CN2CCOCC2)ccc1=O. The van der Waals surface area contributed by atoms with Crippen LogP contribution in [-0.2, 0) is 11.3 Å². The summed E-state index contributed by atoms with van der Waals surface area (Å²) in [5, 5.41) is 0. The van der Waals surface area contributed by atoms with Crippen LogP contribution in [0.25, 0.3) is 0 Å². The van der Waals surface area contributed by atoms with Gasteiger partial charge in [-0.25, -0.2) is 0 Å². The molecule has 2 rings (SSSR count). The summed E-state index contributed by atoms with van der Waals surface area (Å²) in [6.07, 6.45) is 0. The third-order valence-electron chi connectivity index (χ3n) is 2.72. The summed E-state index contributed by atoms with van der Waals surface area (Å²) in [5.41, 5.74) is 6.84. The average Bonchev–Trinajstić information content (AvgIpc) is 2.46. The molecule has 0 saturated carbocycles. The van der Waals surface area contributed by atoms with E-state index >= 15 is 0 Å². The van der Waals surface area contributed by atoms with E-state index in [0.717, 1.165) is 38.4 Å². The third kappa shape index (κ3) is 2.81. The van der Waals surface area contributed by atoms with Gasteiger partial charge in [0.15, 0.2) is 0 Å². The van der Waals surface area contributed by atoms with Crippen molar-refractivity contribution < 1.29 is 4.74 Å². The summed E-state index contributed by atoms with van der Waals surface area (Å²) in [4.78, 5) is 13.6. The van der Waals surface area contributed by atoms with Crippen molar-refractivity contribution in [2.75, 3.05) is 32.0 Å². The lowest BCUT2D eigenvalue weighted by Gasteiger charge is -2.26. The Balaban J connectivity index is 2.09. The molecule has 1 aromatic carbocycles. The van der Waals surface area contributed by atoms with E-state index in [9.17, 15) is 4.79 Å². The molecule has 0 spiro atoms. The number of rotatable bonds is 2. The fourth-order valence-corrected chi connectivity index (χ4v) is 1.74. The maximum absolute atomic E-state index is 11.3. The maximum Gasteiger partial charge on any atom is 0.201 e. The van der Waals surface area contributed by atoms with Gasteiger partial charge in [-0.15, -0.1) is 0 Å². The molecular weight excluding hydrogens is 204 g/mol. The van der Waals surface area contributed by atoms with Crippen molar-refractivity contribution >= 4 is 5.69 Å². The molecule has 0 atom stereocenters. The van der Waals surface area contributed by atoms with Crippen LogP contribution < -0.4 is 11.2 Å². The predicted molar refractivity (Wildman–Crippen MR) is 63.2 cm³/mol. The average molecular weight is 220 g/mol. The summed E-state index contributed by atoms with van der Waals surface area (Å²) < 4.78 is 5.28. The Morgan fingerprint density at radius 3 is 2.62 bits per heavy atom. The number of nitrogens with two attached hydrogens (primary N) is 1. The number of hydrogen-bond acceptors (Lipinski definition) is 4. The number of morpholine rings is 1. The first kappa shape index (κ1) is 11.1. The number of nitrogen functional groups attached to an aromatic ring is 1. The van der Waals surface area contributed by atoms with Crippen LogP contribution in [-0.4, -0.2) is 31.2 Å². The van der Waals surface area contributed by atoms with Crippen molar-refractivity contribution in [3.8, 4) is 0 Å². The summed E-state index contributed by atoms with van der Waals surface area (Å²) in [6, 6.07) is 6.96. The van der Waals surface area contributed by atoms with Crippen LogP contribution >= 0.6 is 0 Å². The molecule has 1 aliphatic heterocycles. The van der Waals surface area contributed by atoms with Crippen molar-refractivity contribution in [3.63, 3.8) is 0 Å². The lowest BCUT2D eigenvalue weighted by molar-refractivity contribution is 0.0342. The maximum atomic E-state index is 11.3. The van der Waals surface area contributed by atoms with Crippen LogP contribution in [0.3, 0.4) is 0 Å². The molecule has 1 saturated heterocycles. The van der Waals surface area contributed by atoms with E-state index in [4.69, 9.17) is 10.5 Å². The highest BCUT2D eigenvalue weighted by Crippen LogP contribution is 2.06. The first-order chi connectivity index (χ1) is 7.75. The van der Waals surface area contributed by atoms with Gasteiger partial charge >= 0.3 is 0 Å². The molecule has 1 heterocycles. The normalized spacial score (nSPS) is 17.2. The van der Waals surface area contributed by atoms with E-state index in [-0.39, 0.29) is 5.43 Å². The van der Waals surface area contributed by atoms with Crippen molar-refractivity contribution in [3.05, 3.63) is 40.1 Å². The molecule has 0 aromatic heterocycles. The minimum absolute atomic E-state index is 0.117. The summed E-state index contributed by atoms with van der Waals surface area (Å²) >= 11 is 0. The molecule has 0 radical (unpaired) electrons. The zero-order chi connectivity index (χ0) is 11.4. The van der Waals surface area contributed by atoms with Gasteiger partial charge in [0.05, 0.1) is 18.9 Å². The molecule has 1 aromatic rings. The first-order valence-corrected chi connectivity index (χ1v) is 5.44. The number of hydrogen-bond donors (Lipinski definition) is 1. The standard InChI is InChI=1S/C12H16N2O2/c13-11-3-1-10(2-4-12(11)15)9-14-5-7-16-8-6-14/h1-4H,5-9H2,(H2,13,15). The van der Waals surface area contributed by atoms with Gasteiger partial charge in [0, 0.05) is 19.6 Å². The molecule has 1 fully saturated rings. The Bertz CT molecular complexity index is 414. The Morgan fingerprint density at radius 1 is 1.19 bits per heavy atom. The molecule has 1 aliphatic rings. The van der Waals surface area contributed by atoms with Gasteiger partial charge in [-0.3, -0.25) is 9.69 Å².